The highest BCUT2D eigenvalue weighted by molar-refractivity contribution is 7.18. The van der Waals surface area contributed by atoms with Gasteiger partial charge in [-0.15, -0.1) is 11.3 Å². The standard InChI is InChI=1S/C13H16N2OS/c1-4-9-6-10-12(8(3)11(16)5-2)14-7-15-13(10)17-9/h6-8H,4-5H2,1-3H3. The van der Waals surface area contributed by atoms with E-state index in [0.29, 0.717) is 6.42 Å². The molecule has 0 radical (unpaired) electrons. The van der Waals surface area contributed by atoms with E-state index in [1.807, 2.05) is 13.8 Å². The molecule has 1 unspecified atom stereocenters. The molecule has 2 aromatic rings. The number of carbonyl (C=O) groups is 1. The molecule has 3 nitrogen and oxygen atoms in total. The number of rotatable bonds is 4. The minimum Gasteiger partial charge on any atom is -0.299 e. The lowest BCUT2D eigenvalue weighted by molar-refractivity contribution is -0.119. The first kappa shape index (κ1) is 12.2. The molecule has 2 rings (SSSR count). The third-order valence-corrected chi connectivity index (χ3v) is 4.19. The van der Waals surface area contributed by atoms with Crippen LogP contribution in [0.2, 0.25) is 0 Å². The molecule has 0 saturated heterocycles. The van der Waals surface area contributed by atoms with Crippen molar-refractivity contribution in [2.45, 2.75) is 39.5 Å². The van der Waals surface area contributed by atoms with Gasteiger partial charge >= 0.3 is 0 Å². The van der Waals surface area contributed by atoms with Crippen LogP contribution in [0.4, 0.5) is 0 Å². The van der Waals surface area contributed by atoms with Gasteiger partial charge < -0.3 is 0 Å². The molecule has 0 amide bonds. The highest BCUT2D eigenvalue weighted by Gasteiger charge is 2.18. The predicted octanol–water partition coefficient (Wildman–Crippen LogP) is 3.34. The third kappa shape index (κ3) is 2.22. The Kier molecular flexibility index (Phi) is 3.52. The number of carbonyl (C=O) groups excluding carboxylic acids is 1. The lowest BCUT2D eigenvalue weighted by Gasteiger charge is -2.08. The number of Topliss-reactive ketones (excluding diaryl/α,β-unsaturated/α-hetero) is 1. The molecule has 0 saturated carbocycles. The van der Waals surface area contributed by atoms with Crippen molar-refractivity contribution in [1.82, 2.24) is 9.97 Å². The molecule has 1 atom stereocenters. The second kappa shape index (κ2) is 4.92. The molecule has 0 N–H and O–H groups in total. The van der Waals surface area contributed by atoms with Gasteiger partial charge in [0.15, 0.2) is 0 Å². The van der Waals surface area contributed by atoms with Gasteiger partial charge in [-0.25, -0.2) is 9.97 Å². The minimum atomic E-state index is -0.134. The Hall–Kier alpha value is -1.29. The summed E-state index contributed by atoms with van der Waals surface area (Å²) < 4.78 is 0. The van der Waals surface area contributed by atoms with E-state index in [1.165, 1.54) is 4.88 Å². The molecule has 4 heteroatoms. The van der Waals surface area contributed by atoms with Crippen molar-refractivity contribution in [3.63, 3.8) is 0 Å². The fourth-order valence-corrected chi connectivity index (χ4v) is 2.84. The van der Waals surface area contributed by atoms with Crippen LogP contribution < -0.4 is 0 Å². The quantitative estimate of drug-likeness (QED) is 0.833. The van der Waals surface area contributed by atoms with Gasteiger partial charge in [-0.2, -0.15) is 0 Å². The zero-order valence-corrected chi connectivity index (χ0v) is 11.2. The largest absolute Gasteiger partial charge is 0.299 e. The summed E-state index contributed by atoms with van der Waals surface area (Å²) in [5.41, 5.74) is 0.873. The first-order valence-corrected chi connectivity index (χ1v) is 6.75. The maximum absolute atomic E-state index is 11.8. The molecule has 2 heterocycles. The zero-order chi connectivity index (χ0) is 12.4. The van der Waals surface area contributed by atoms with Crippen molar-refractivity contribution >= 4 is 27.3 Å². The Morgan fingerprint density at radius 1 is 1.41 bits per heavy atom. The van der Waals surface area contributed by atoms with Crippen LogP contribution in [0.1, 0.15) is 43.7 Å². The van der Waals surface area contributed by atoms with Crippen LogP contribution in [-0.4, -0.2) is 15.8 Å². The number of ketones is 1. The van der Waals surface area contributed by atoms with Gasteiger partial charge in [-0.05, 0) is 19.4 Å². The maximum Gasteiger partial charge on any atom is 0.141 e. The fraction of sp³-hybridized carbons (Fsp3) is 0.462. The summed E-state index contributed by atoms with van der Waals surface area (Å²) in [7, 11) is 0. The predicted molar refractivity (Wildman–Crippen MR) is 70.5 cm³/mol. The second-order valence-corrected chi connectivity index (χ2v) is 5.20. The summed E-state index contributed by atoms with van der Waals surface area (Å²) in [4.78, 5) is 22.6. The van der Waals surface area contributed by atoms with E-state index in [4.69, 9.17) is 0 Å². The van der Waals surface area contributed by atoms with Gasteiger partial charge in [-0.1, -0.05) is 13.8 Å². The number of nitrogens with zero attached hydrogens (tertiary/aromatic N) is 2. The molecule has 17 heavy (non-hydrogen) atoms. The Balaban J connectivity index is 2.53. The van der Waals surface area contributed by atoms with Crippen molar-refractivity contribution in [1.29, 1.82) is 0 Å². The van der Waals surface area contributed by atoms with Gasteiger partial charge in [0.25, 0.3) is 0 Å². The van der Waals surface area contributed by atoms with Gasteiger partial charge in [-0.3, -0.25) is 4.79 Å². The Morgan fingerprint density at radius 2 is 2.18 bits per heavy atom. The SMILES string of the molecule is CCC(=O)C(C)c1ncnc2sc(CC)cc12. The van der Waals surface area contributed by atoms with Crippen LogP contribution in [0.3, 0.4) is 0 Å². The van der Waals surface area contributed by atoms with Crippen LogP contribution in [-0.2, 0) is 11.2 Å². The fourth-order valence-electron chi connectivity index (χ4n) is 1.90. The smallest absolute Gasteiger partial charge is 0.141 e. The zero-order valence-electron chi connectivity index (χ0n) is 10.4. The average Bonchev–Trinajstić information content (AvgIpc) is 2.79. The molecule has 0 aliphatic heterocycles. The van der Waals surface area contributed by atoms with Crippen molar-refractivity contribution in [2.24, 2.45) is 0 Å². The second-order valence-electron chi connectivity index (χ2n) is 4.09. The summed E-state index contributed by atoms with van der Waals surface area (Å²) in [6.45, 7) is 5.94. The van der Waals surface area contributed by atoms with E-state index in [2.05, 4.69) is 23.0 Å². The molecular formula is C13H16N2OS. The van der Waals surface area contributed by atoms with Gasteiger partial charge in [0, 0.05) is 16.7 Å². The molecule has 90 valence electrons. The number of hydrogen-bond acceptors (Lipinski definition) is 4. The third-order valence-electron chi connectivity index (χ3n) is 3.00. The summed E-state index contributed by atoms with van der Waals surface area (Å²) in [6.07, 6.45) is 3.11. The summed E-state index contributed by atoms with van der Waals surface area (Å²) >= 11 is 1.69. The summed E-state index contributed by atoms with van der Waals surface area (Å²) in [5, 5.41) is 1.05. The Morgan fingerprint density at radius 3 is 2.82 bits per heavy atom. The van der Waals surface area contributed by atoms with Crippen LogP contribution in [0.15, 0.2) is 12.4 Å². The topological polar surface area (TPSA) is 42.9 Å². The number of thiophene rings is 1. The van der Waals surface area contributed by atoms with E-state index in [1.54, 1.807) is 17.7 Å². The van der Waals surface area contributed by atoms with Gasteiger partial charge in [0.2, 0.25) is 0 Å². The molecule has 0 bridgehead atoms. The van der Waals surface area contributed by atoms with Crippen molar-refractivity contribution in [3.8, 4) is 0 Å². The maximum atomic E-state index is 11.8. The summed E-state index contributed by atoms with van der Waals surface area (Å²) in [6, 6.07) is 2.12. The number of hydrogen-bond donors (Lipinski definition) is 0. The van der Waals surface area contributed by atoms with E-state index in [-0.39, 0.29) is 11.7 Å². The molecule has 0 fully saturated rings. The van der Waals surface area contributed by atoms with E-state index in [9.17, 15) is 4.79 Å². The number of fused-ring (bicyclic) bond motifs is 1. The normalized spacial score (nSPS) is 12.9. The molecular weight excluding hydrogens is 232 g/mol. The molecule has 0 aliphatic rings. The number of aryl methyl sites for hydroxylation is 1. The van der Waals surface area contributed by atoms with Crippen LogP contribution in [0, 0.1) is 0 Å². The lowest BCUT2D eigenvalue weighted by Crippen LogP contribution is -2.09. The monoisotopic (exact) mass is 248 g/mol. The van der Waals surface area contributed by atoms with E-state index >= 15 is 0 Å². The highest BCUT2D eigenvalue weighted by Crippen LogP contribution is 2.30. The first-order chi connectivity index (χ1) is 8.17. The first-order valence-electron chi connectivity index (χ1n) is 5.93. The Bertz CT molecular complexity index is 547. The minimum absolute atomic E-state index is 0.134. The van der Waals surface area contributed by atoms with Crippen LogP contribution in [0.5, 0.6) is 0 Å². The lowest BCUT2D eigenvalue weighted by atomic mass is 9.98. The summed E-state index contributed by atoms with van der Waals surface area (Å²) in [5.74, 6) is 0.0963. The van der Waals surface area contributed by atoms with E-state index in [0.717, 1.165) is 22.3 Å². The molecule has 0 spiro atoms. The Labute approximate surface area is 105 Å². The molecule has 0 aliphatic carbocycles. The van der Waals surface area contributed by atoms with Crippen molar-refractivity contribution < 1.29 is 4.79 Å². The van der Waals surface area contributed by atoms with E-state index < -0.39 is 0 Å². The molecule has 2 aromatic heterocycles. The number of aromatic nitrogens is 2. The van der Waals surface area contributed by atoms with Crippen LogP contribution >= 0.6 is 11.3 Å². The molecule has 0 aromatic carbocycles. The van der Waals surface area contributed by atoms with Gasteiger partial charge in [0.1, 0.15) is 16.9 Å². The van der Waals surface area contributed by atoms with Gasteiger partial charge in [0.05, 0.1) is 11.6 Å². The van der Waals surface area contributed by atoms with Crippen molar-refractivity contribution in [3.05, 3.63) is 23.0 Å². The highest BCUT2D eigenvalue weighted by atomic mass is 32.1. The van der Waals surface area contributed by atoms with Crippen molar-refractivity contribution in [2.75, 3.05) is 0 Å². The van der Waals surface area contributed by atoms with Crippen LogP contribution in [0.25, 0.3) is 10.2 Å². The average molecular weight is 248 g/mol.